The van der Waals surface area contributed by atoms with E-state index in [9.17, 15) is 4.79 Å². The molecule has 0 unspecified atom stereocenters. The summed E-state index contributed by atoms with van der Waals surface area (Å²) in [5.41, 5.74) is 11.0. The van der Waals surface area contributed by atoms with E-state index in [0.717, 1.165) is 19.4 Å². The molecule has 4 nitrogen and oxygen atoms in total. The fourth-order valence-corrected chi connectivity index (χ4v) is 1.52. The van der Waals surface area contributed by atoms with Crippen LogP contribution in [0.15, 0.2) is 0 Å². The predicted molar refractivity (Wildman–Crippen MR) is 54.7 cm³/mol. The first-order valence-electron chi connectivity index (χ1n) is 4.47. The fourth-order valence-electron chi connectivity index (χ4n) is 1.52. The Morgan fingerprint density at radius 3 is 2.77 bits per heavy atom. The highest BCUT2D eigenvalue weighted by Crippen LogP contribution is 2.08. The van der Waals surface area contributed by atoms with Gasteiger partial charge in [-0.3, -0.25) is 4.79 Å². The van der Waals surface area contributed by atoms with Crippen molar-refractivity contribution >= 4 is 18.3 Å². The third kappa shape index (κ3) is 3.93. The summed E-state index contributed by atoms with van der Waals surface area (Å²) < 4.78 is 0. The lowest BCUT2D eigenvalue weighted by Gasteiger charge is -2.30. The van der Waals surface area contributed by atoms with Crippen molar-refractivity contribution in [2.75, 3.05) is 19.6 Å². The van der Waals surface area contributed by atoms with Crippen LogP contribution in [-0.2, 0) is 4.79 Å². The van der Waals surface area contributed by atoms with Crippen molar-refractivity contribution in [1.29, 1.82) is 0 Å². The molecule has 0 aliphatic carbocycles. The molecular weight excluding hydrogens is 190 g/mol. The molecule has 1 atom stereocenters. The molecule has 1 amide bonds. The summed E-state index contributed by atoms with van der Waals surface area (Å²) in [4.78, 5) is 13.2. The van der Waals surface area contributed by atoms with Crippen molar-refractivity contribution in [2.45, 2.75) is 25.3 Å². The highest BCUT2D eigenvalue weighted by atomic mass is 35.5. The number of hydrogen-bond acceptors (Lipinski definition) is 3. The maximum absolute atomic E-state index is 11.3. The lowest BCUT2D eigenvalue weighted by Crippen LogP contribution is -2.46. The van der Waals surface area contributed by atoms with Gasteiger partial charge in [0.2, 0.25) is 5.91 Å². The molecule has 1 saturated heterocycles. The van der Waals surface area contributed by atoms with E-state index >= 15 is 0 Å². The Bertz CT molecular complexity index is 165. The Morgan fingerprint density at radius 1 is 1.54 bits per heavy atom. The summed E-state index contributed by atoms with van der Waals surface area (Å²) in [5, 5.41) is 0. The third-order valence-electron chi connectivity index (χ3n) is 2.17. The molecule has 5 heteroatoms. The first-order valence-corrected chi connectivity index (χ1v) is 4.47. The number of piperidine rings is 1. The van der Waals surface area contributed by atoms with Gasteiger partial charge in [-0.2, -0.15) is 0 Å². The number of rotatable bonds is 2. The molecule has 0 aromatic heterocycles. The van der Waals surface area contributed by atoms with Crippen molar-refractivity contribution in [3.05, 3.63) is 0 Å². The van der Waals surface area contributed by atoms with Crippen molar-refractivity contribution in [2.24, 2.45) is 11.5 Å². The molecule has 0 radical (unpaired) electrons. The Kier molecular flexibility index (Phi) is 6.03. The largest absolute Gasteiger partial charge is 0.341 e. The second-order valence-electron chi connectivity index (χ2n) is 3.28. The van der Waals surface area contributed by atoms with Crippen LogP contribution in [0.1, 0.15) is 19.3 Å². The van der Waals surface area contributed by atoms with Crippen LogP contribution in [0.5, 0.6) is 0 Å². The molecule has 0 saturated carbocycles. The normalized spacial score (nSPS) is 22.3. The predicted octanol–water partition coefficient (Wildman–Crippen LogP) is -0.293. The van der Waals surface area contributed by atoms with Crippen LogP contribution in [-0.4, -0.2) is 36.5 Å². The van der Waals surface area contributed by atoms with E-state index in [1.165, 1.54) is 0 Å². The van der Waals surface area contributed by atoms with Crippen LogP contribution in [0.3, 0.4) is 0 Å². The lowest BCUT2D eigenvalue weighted by molar-refractivity contribution is -0.132. The second kappa shape index (κ2) is 6.18. The molecule has 0 bridgehead atoms. The minimum atomic E-state index is 0. The van der Waals surface area contributed by atoms with E-state index in [1.807, 2.05) is 4.90 Å². The number of likely N-dealkylation sites (tertiary alicyclic amines) is 1. The molecule has 0 aromatic carbocycles. The summed E-state index contributed by atoms with van der Waals surface area (Å²) in [7, 11) is 0. The van der Waals surface area contributed by atoms with Gasteiger partial charge in [-0.1, -0.05) is 0 Å². The summed E-state index contributed by atoms with van der Waals surface area (Å²) in [6.07, 6.45) is 2.51. The molecular formula is C8H18ClN3O. The summed E-state index contributed by atoms with van der Waals surface area (Å²) >= 11 is 0. The zero-order chi connectivity index (χ0) is 8.97. The molecule has 1 aliphatic rings. The summed E-state index contributed by atoms with van der Waals surface area (Å²) in [6.45, 7) is 2.00. The smallest absolute Gasteiger partial charge is 0.223 e. The quantitative estimate of drug-likeness (QED) is 0.654. The third-order valence-corrected chi connectivity index (χ3v) is 2.17. The van der Waals surface area contributed by atoms with Gasteiger partial charge in [0.15, 0.2) is 0 Å². The molecule has 4 N–H and O–H groups in total. The van der Waals surface area contributed by atoms with Gasteiger partial charge in [0.1, 0.15) is 0 Å². The van der Waals surface area contributed by atoms with Gasteiger partial charge < -0.3 is 16.4 Å². The van der Waals surface area contributed by atoms with Gasteiger partial charge >= 0.3 is 0 Å². The Hall–Kier alpha value is -0.320. The van der Waals surface area contributed by atoms with Crippen molar-refractivity contribution in [1.82, 2.24) is 4.90 Å². The van der Waals surface area contributed by atoms with E-state index in [0.29, 0.717) is 19.5 Å². The number of carbonyl (C=O) groups is 1. The zero-order valence-corrected chi connectivity index (χ0v) is 8.55. The number of carbonyl (C=O) groups excluding carboxylic acids is 1. The average Bonchev–Trinajstić information content (AvgIpc) is 2.05. The van der Waals surface area contributed by atoms with Crippen molar-refractivity contribution in [3.8, 4) is 0 Å². The van der Waals surface area contributed by atoms with Crippen LogP contribution < -0.4 is 11.5 Å². The number of amides is 1. The molecule has 78 valence electrons. The molecule has 0 aromatic rings. The average molecular weight is 208 g/mol. The van der Waals surface area contributed by atoms with E-state index < -0.39 is 0 Å². The molecule has 1 fully saturated rings. The standard InChI is InChI=1S/C8H17N3O.ClH/c9-4-3-8(12)11-5-1-2-7(10)6-11;/h7H,1-6,9-10H2;1H/t7-;/m1./s1. The summed E-state index contributed by atoms with van der Waals surface area (Å²) in [5.74, 6) is 0.146. The Morgan fingerprint density at radius 2 is 2.23 bits per heavy atom. The highest BCUT2D eigenvalue weighted by molar-refractivity contribution is 5.85. The van der Waals surface area contributed by atoms with Gasteiger partial charge in [-0.15, -0.1) is 12.4 Å². The van der Waals surface area contributed by atoms with E-state index in [4.69, 9.17) is 11.5 Å². The number of halogens is 1. The number of nitrogens with two attached hydrogens (primary N) is 2. The minimum absolute atomic E-state index is 0. The maximum Gasteiger partial charge on any atom is 0.223 e. The SMILES string of the molecule is Cl.NCCC(=O)N1CCC[C@@H](N)C1. The zero-order valence-electron chi connectivity index (χ0n) is 7.74. The molecule has 1 rings (SSSR count). The van der Waals surface area contributed by atoms with Crippen LogP contribution in [0, 0.1) is 0 Å². The lowest BCUT2D eigenvalue weighted by atomic mass is 10.1. The molecule has 1 aliphatic heterocycles. The monoisotopic (exact) mass is 207 g/mol. The van der Waals surface area contributed by atoms with E-state index in [-0.39, 0.29) is 24.4 Å². The topological polar surface area (TPSA) is 72.4 Å². The fraction of sp³-hybridized carbons (Fsp3) is 0.875. The van der Waals surface area contributed by atoms with Crippen LogP contribution in [0.4, 0.5) is 0 Å². The summed E-state index contributed by atoms with van der Waals surface area (Å²) in [6, 6.07) is 0.167. The Balaban J connectivity index is 0.00000144. The number of nitrogens with zero attached hydrogens (tertiary/aromatic N) is 1. The van der Waals surface area contributed by atoms with Crippen molar-refractivity contribution in [3.63, 3.8) is 0 Å². The molecule has 13 heavy (non-hydrogen) atoms. The van der Waals surface area contributed by atoms with E-state index in [2.05, 4.69) is 0 Å². The van der Waals surface area contributed by atoms with Gasteiger partial charge in [-0.05, 0) is 12.8 Å². The van der Waals surface area contributed by atoms with Gasteiger partial charge in [-0.25, -0.2) is 0 Å². The van der Waals surface area contributed by atoms with Crippen molar-refractivity contribution < 1.29 is 4.79 Å². The van der Waals surface area contributed by atoms with Crippen LogP contribution in [0.2, 0.25) is 0 Å². The highest BCUT2D eigenvalue weighted by Gasteiger charge is 2.19. The first kappa shape index (κ1) is 12.7. The Labute approximate surface area is 85.0 Å². The molecule has 0 spiro atoms. The van der Waals surface area contributed by atoms with Crippen LogP contribution in [0.25, 0.3) is 0 Å². The first-order chi connectivity index (χ1) is 5.74. The van der Waals surface area contributed by atoms with Gasteiger partial charge in [0, 0.05) is 32.1 Å². The maximum atomic E-state index is 11.3. The molecule has 1 heterocycles. The van der Waals surface area contributed by atoms with Crippen LogP contribution >= 0.6 is 12.4 Å². The van der Waals surface area contributed by atoms with Gasteiger partial charge in [0.05, 0.1) is 0 Å². The second-order valence-corrected chi connectivity index (χ2v) is 3.28. The number of hydrogen-bond donors (Lipinski definition) is 2. The van der Waals surface area contributed by atoms with Gasteiger partial charge in [0.25, 0.3) is 0 Å². The van der Waals surface area contributed by atoms with E-state index in [1.54, 1.807) is 0 Å². The minimum Gasteiger partial charge on any atom is -0.341 e.